The maximum absolute atomic E-state index is 12.0. The van der Waals surface area contributed by atoms with Crippen molar-refractivity contribution >= 4 is 11.8 Å². The molecule has 0 amide bonds. The summed E-state index contributed by atoms with van der Waals surface area (Å²) in [7, 11) is 0. The van der Waals surface area contributed by atoms with E-state index in [1.165, 1.54) is 0 Å². The van der Waals surface area contributed by atoms with Crippen molar-refractivity contribution in [3.05, 3.63) is 0 Å². The number of nitrogens with one attached hydrogen (secondary N) is 1. The van der Waals surface area contributed by atoms with Crippen LogP contribution in [0.4, 0.5) is 0 Å². The molecule has 0 aromatic carbocycles. The molecule has 6 nitrogen and oxygen atoms in total. The van der Waals surface area contributed by atoms with Crippen molar-refractivity contribution in [3.8, 4) is 0 Å². The highest BCUT2D eigenvalue weighted by molar-refractivity contribution is 5.89. The van der Waals surface area contributed by atoms with E-state index in [9.17, 15) is 9.59 Å². The molecule has 0 spiro atoms. The predicted octanol–water partition coefficient (Wildman–Crippen LogP) is -0.482. The molecular weight excluding hydrogens is 246 g/mol. The average Bonchev–Trinajstić information content (AvgIpc) is 2.26. The number of esters is 1. The molecular formula is C13H25N3O3. The Morgan fingerprint density at radius 2 is 2.11 bits per heavy atom. The van der Waals surface area contributed by atoms with E-state index in [4.69, 9.17) is 10.5 Å². The molecule has 1 aliphatic heterocycles. The van der Waals surface area contributed by atoms with E-state index >= 15 is 0 Å². The minimum absolute atomic E-state index is 0.0456. The van der Waals surface area contributed by atoms with Crippen molar-refractivity contribution < 1.29 is 14.3 Å². The smallest absolute Gasteiger partial charge is 0.320 e. The Balaban J connectivity index is 2.63. The summed E-state index contributed by atoms with van der Waals surface area (Å²) < 4.78 is 5.29. The summed E-state index contributed by atoms with van der Waals surface area (Å²) >= 11 is 0. The van der Waals surface area contributed by atoms with Crippen LogP contribution < -0.4 is 11.1 Å². The molecule has 6 heteroatoms. The number of hydrogen-bond donors (Lipinski definition) is 2. The highest BCUT2D eigenvalue weighted by atomic mass is 16.6. The Hall–Kier alpha value is -0.980. The first-order valence-corrected chi connectivity index (χ1v) is 6.66. The maximum Gasteiger partial charge on any atom is 0.320 e. The highest BCUT2D eigenvalue weighted by Crippen LogP contribution is 2.10. The number of ketones is 1. The quantitative estimate of drug-likeness (QED) is 0.672. The van der Waals surface area contributed by atoms with Crippen molar-refractivity contribution in [2.75, 3.05) is 26.2 Å². The molecule has 1 unspecified atom stereocenters. The lowest BCUT2D eigenvalue weighted by atomic mass is 10.0. The van der Waals surface area contributed by atoms with E-state index < -0.39 is 11.6 Å². The van der Waals surface area contributed by atoms with Gasteiger partial charge in [0.2, 0.25) is 0 Å². The third-order valence-electron chi connectivity index (χ3n) is 2.88. The summed E-state index contributed by atoms with van der Waals surface area (Å²) in [6.07, 6.45) is 0. The second kappa shape index (κ2) is 6.45. The molecule has 1 aliphatic rings. The summed E-state index contributed by atoms with van der Waals surface area (Å²) in [5, 5.41) is 3.15. The van der Waals surface area contributed by atoms with Crippen LogP contribution in [0.5, 0.6) is 0 Å². The number of piperazine rings is 1. The van der Waals surface area contributed by atoms with E-state index in [1.54, 1.807) is 6.92 Å². The summed E-state index contributed by atoms with van der Waals surface area (Å²) in [5.74, 6) is -0.354. The molecule has 0 aromatic rings. The maximum atomic E-state index is 12.0. The molecule has 3 N–H and O–H groups in total. The van der Waals surface area contributed by atoms with Crippen molar-refractivity contribution in [1.29, 1.82) is 0 Å². The number of ether oxygens (including phenoxy) is 1. The van der Waals surface area contributed by atoms with Gasteiger partial charge in [-0.25, -0.2) is 0 Å². The molecule has 0 radical (unpaired) electrons. The van der Waals surface area contributed by atoms with Crippen LogP contribution in [0.15, 0.2) is 0 Å². The molecule has 1 rings (SSSR count). The van der Waals surface area contributed by atoms with Gasteiger partial charge in [0.15, 0.2) is 5.78 Å². The van der Waals surface area contributed by atoms with Gasteiger partial charge in [-0.2, -0.15) is 0 Å². The fourth-order valence-corrected chi connectivity index (χ4v) is 2.06. The molecule has 0 saturated carbocycles. The van der Waals surface area contributed by atoms with Crippen LogP contribution in [0.25, 0.3) is 0 Å². The monoisotopic (exact) mass is 271 g/mol. The number of rotatable bonds is 4. The van der Waals surface area contributed by atoms with Gasteiger partial charge in [0.05, 0.1) is 18.6 Å². The largest absolute Gasteiger partial charge is 0.459 e. The molecule has 2 atom stereocenters. The lowest BCUT2D eigenvalue weighted by Crippen LogP contribution is -2.59. The SMILES string of the molecule is C[C@H](N)C(=O)C1CNCCN1CC(=O)OC(C)(C)C. The van der Waals surface area contributed by atoms with Crippen LogP contribution in [0.3, 0.4) is 0 Å². The zero-order valence-corrected chi connectivity index (χ0v) is 12.2. The number of carbonyl (C=O) groups is 2. The first-order valence-electron chi connectivity index (χ1n) is 6.66. The van der Waals surface area contributed by atoms with Gasteiger partial charge >= 0.3 is 5.97 Å². The predicted molar refractivity (Wildman–Crippen MR) is 72.7 cm³/mol. The Morgan fingerprint density at radius 3 is 2.63 bits per heavy atom. The number of Topliss-reactive ketones (excluding diaryl/α,β-unsaturated/α-hetero) is 1. The first-order chi connectivity index (χ1) is 8.70. The van der Waals surface area contributed by atoms with Gasteiger partial charge in [-0.1, -0.05) is 0 Å². The van der Waals surface area contributed by atoms with Gasteiger partial charge < -0.3 is 15.8 Å². The average molecular weight is 271 g/mol. The minimum Gasteiger partial charge on any atom is -0.459 e. The van der Waals surface area contributed by atoms with Crippen LogP contribution >= 0.6 is 0 Å². The highest BCUT2D eigenvalue weighted by Gasteiger charge is 2.32. The van der Waals surface area contributed by atoms with Gasteiger partial charge in [-0.15, -0.1) is 0 Å². The van der Waals surface area contributed by atoms with Crippen LogP contribution in [0.2, 0.25) is 0 Å². The molecule has 1 saturated heterocycles. The molecule has 0 bridgehead atoms. The summed E-state index contributed by atoms with van der Waals surface area (Å²) in [4.78, 5) is 25.7. The van der Waals surface area contributed by atoms with Gasteiger partial charge in [0, 0.05) is 19.6 Å². The minimum atomic E-state index is -0.522. The number of carbonyl (C=O) groups excluding carboxylic acids is 2. The third kappa shape index (κ3) is 5.26. The number of nitrogens with two attached hydrogens (primary N) is 1. The normalized spacial score (nSPS) is 22.9. The second-order valence-corrected chi connectivity index (χ2v) is 5.97. The molecule has 1 fully saturated rings. The molecule has 1 heterocycles. The van der Waals surface area contributed by atoms with E-state index in [-0.39, 0.29) is 24.3 Å². The Labute approximate surface area is 114 Å². The Kier molecular flexibility index (Phi) is 5.46. The molecule has 0 aromatic heterocycles. The van der Waals surface area contributed by atoms with E-state index in [0.29, 0.717) is 13.1 Å². The van der Waals surface area contributed by atoms with Gasteiger partial charge in [-0.05, 0) is 27.7 Å². The summed E-state index contributed by atoms with van der Waals surface area (Å²) in [6.45, 7) is 9.20. The second-order valence-electron chi connectivity index (χ2n) is 5.97. The van der Waals surface area contributed by atoms with E-state index in [0.717, 1.165) is 6.54 Å². The van der Waals surface area contributed by atoms with Gasteiger partial charge in [0.25, 0.3) is 0 Å². The van der Waals surface area contributed by atoms with Crippen molar-refractivity contribution in [3.63, 3.8) is 0 Å². The lowest BCUT2D eigenvalue weighted by Gasteiger charge is -2.35. The van der Waals surface area contributed by atoms with E-state index in [2.05, 4.69) is 5.32 Å². The standard InChI is InChI=1S/C13H25N3O3/c1-9(14)12(18)10-7-15-5-6-16(10)8-11(17)19-13(2,3)4/h9-10,15H,5-8,14H2,1-4H3/t9-,10?/m0/s1. The third-order valence-corrected chi connectivity index (χ3v) is 2.88. The van der Waals surface area contributed by atoms with Crippen LogP contribution in [0, 0.1) is 0 Å². The van der Waals surface area contributed by atoms with Gasteiger partial charge in [0.1, 0.15) is 5.60 Å². The summed E-state index contributed by atoms with van der Waals surface area (Å²) in [6, 6.07) is -0.868. The van der Waals surface area contributed by atoms with Gasteiger partial charge in [-0.3, -0.25) is 14.5 Å². The Morgan fingerprint density at radius 1 is 1.47 bits per heavy atom. The van der Waals surface area contributed by atoms with Crippen LogP contribution in [-0.2, 0) is 14.3 Å². The molecule has 19 heavy (non-hydrogen) atoms. The van der Waals surface area contributed by atoms with Crippen molar-refractivity contribution in [1.82, 2.24) is 10.2 Å². The fraction of sp³-hybridized carbons (Fsp3) is 0.846. The summed E-state index contributed by atoms with van der Waals surface area (Å²) in [5.41, 5.74) is 5.13. The number of nitrogens with zero attached hydrogens (tertiary/aromatic N) is 1. The number of hydrogen-bond acceptors (Lipinski definition) is 6. The molecule has 0 aliphatic carbocycles. The zero-order chi connectivity index (χ0) is 14.6. The zero-order valence-electron chi connectivity index (χ0n) is 12.2. The first kappa shape index (κ1) is 16.1. The van der Waals surface area contributed by atoms with Crippen LogP contribution in [0.1, 0.15) is 27.7 Å². The van der Waals surface area contributed by atoms with Crippen LogP contribution in [-0.4, -0.2) is 60.5 Å². The van der Waals surface area contributed by atoms with Crippen molar-refractivity contribution in [2.24, 2.45) is 5.73 Å². The Bertz CT molecular complexity index is 337. The topological polar surface area (TPSA) is 84.7 Å². The van der Waals surface area contributed by atoms with Crippen molar-refractivity contribution in [2.45, 2.75) is 45.4 Å². The van der Waals surface area contributed by atoms with E-state index in [1.807, 2.05) is 25.7 Å². The molecule has 110 valence electrons. The fourth-order valence-electron chi connectivity index (χ4n) is 2.06. The lowest BCUT2D eigenvalue weighted by molar-refractivity contribution is -0.157.